The molecule has 1 N–H and O–H groups in total. The second-order valence-electron chi connectivity index (χ2n) is 4.12. The lowest BCUT2D eigenvalue weighted by Crippen LogP contribution is -2.09. The zero-order valence-corrected chi connectivity index (χ0v) is 8.83. The van der Waals surface area contributed by atoms with Gasteiger partial charge in [0.25, 0.3) is 0 Å². The Hall–Kier alpha value is -1.00. The predicted molar refractivity (Wildman–Crippen MR) is 54.9 cm³/mol. The number of aliphatic hydroxyl groups is 1. The lowest BCUT2D eigenvalue weighted by Gasteiger charge is -2.15. The molecule has 1 fully saturated rings. The molecule has 1 heterocycles. The van der Waals surface area contributed by atoms with E-state index in [-0.39, 0.29) is 11.5 Å². The first-order valence-electron chi connectivity index (χ1n) is 5.38. The minimum Gasteiger partial charge on any atom is -0.388 e. The van der Waals surface area contributed by atoms with E-state index in [0.29, 0.717) is 19.6 Å². The molecular weight excluding hydrogens is 214 g/mol. The summed E-state index contributed by atoms with van der Waals surface area (Å²) in [6.45, 7) is 1.27. The van der Waals surface area contributed by atoms with Crippen LogP contribution in [-0.4, -0.2) is 18.3 Å². The summed E-state index contributed by atoms with van der Waals surface area (Å²) in [7, 11) is 0. The van der Waals surface area contributed by atoms with Gasteiger partial charge in [-0.15, -0.1) is 0 Å². The van der Waals surface area contributed by atoms with Gasteiger partial charge >= 0.3 is 0 Å². The molecular formula is C12H14F2O2. The Morgan fingerprint density at radius 3 is 2.94 bits per heavy atom. The van der Waals surface area contributed by atoms with Crippen LogP contribution in [0.5, 0.6) is 0 Å². The van der Waals surface area contributed by atoms with Crippen LogP contribution in [0.1, 0.15) is 24.5 Å². The molecule has 0 saturated carbocycles. The van der Waals surface area contributed by atoms with Crippen LogP contribution in [0, 0.1) is 17.6 Å². The molecule has 0 amide bonds. The van der Waals surface area contributed by atoms with Crippen LogP contribution in [0.25, 0.3) is 0 Å². The van der Waals surface area contributed by atoms with Crippen molar-refractivity contribution in [2.45, 2.75) is 18.9 Å². The highest BCUT2D eigenvalue weighted by Crippen LogP contribution is 2.28. The fourth-order valence-electron chi connectivity index (χ4n) is 1.99. The smallest absolute Gasteiger partial charge is 0.164 e. The fourth-order valence-corrected chi connectivity index (χ4v) is 1.99. The van der Waals surface area contributed by atoms with Crippen LogP contribution in [0.2, 0.25) is 0 Å². The van der Waals surface area contributed by atoms with Gasteiger partial charge in [0.05, 0.1) is 6.10 Å². The molecule has 1 aliphatic heterocycles. The van der Waals surface area contributed by atoms with E-state index in [0.717, 1.165) is 12.5 Å². The zero-order chi connectivity index (χ0) is 11.5. The average molecular weight is 228 g/mol. The van der Waals surface area contributed by atoms with Crippen LogP contribution in [0.15, 0.2) is 18.2 Å². The van der Waals surface area contributed by atoms with Crippen LogP contribution in [0.4, 0.5) is 8.78 Å². The minimum atomic E-state index is -0.956. The summed E-state index contributed by atoms with van der Waals surface area (Å²) in [4.78, 5) is 0. The van der Waals surface area contributed by atoms with Gasteiger partial charge in [-0.1, -0.05) is 12.1 Å². The van der Waals surface area contributed by atoms with Crippen LogP contribution < -0.4 is 0 Å². The molecule has 16 heavy (non-hydrogen) atoms. The SMILES string of the molecule is OC(CC1CCOC1)c1cccc(F)c1F. The third-order valence-corrected chi connectivity index (χ3v) is 2.92. The lowest BCUT2D eigenvalue weighted by atomic mass is 9.96. The van der Waals surface area contributed by atoms with Crippen molar-refractivity contribution in [2.24, 2.45) is 5.92 Å². The molecule has 4 heteroatoms. The van der Waals surface area contributed by atoms with Crippen molar-refractivity contribution in [2.75, 3.05) is 13.2 Å². The summed E-state index contributed by atoms with van der Waals surface area (Å²) in [5, 5.41) is 9.82. The quantitative estimate of drug-likeness (QED) is 0.861. The Morgan fingerprint density at radius 1 is 1.44 bits per heavy atom. The van der Waals surface area contributed by atoms with Crippen molar-refractivity contribution in [3.05, 3.63) is 35.4 Å². The van der Waals surface area contributed by atoms with Gasteiger partial charge in [-0.2, -0.15) is 0 Å². The maximum Gasteiger partial charge on any atom is 0.164 e. The highest BCUT2D eigenvalue weighted by atomic mass is 19.2. The van der Waals surface area contributed by atoms with Gasteiger partial charge < -0.3 is 9.84 Å². The second-order valence-corrected chi connectivity index (χ2v) is 4.12. The molecule has 0 bridgehead atoms. The molecule has 0 spiro atoms. The van der Waals surface area contributed by atoms with Crippen LogP contribution >= 0.6 is 0 Å². The number of ether oxygens (including phenoxy) is 1. The molecule has 0 radical (unpaired) electrons. The molecule has 2 unspecified atom stereocenters. The van der Waals surface area contributed by atoms with Crippen molar-refractivity contribution in [1.29, 1.82) is 0 Å². The van der Waals surface area contributed by atoms with Gasteiger partial charge in [-0.3, -0.25) is 0 Å². The van der Waals surface area contributed by atoms with E-state index < -0.39 is 17.7 Å². The molecule has 1 aromatic rings. The van der Waals surface area contributed by atoms with E-state index in [1.54, 1.807) is 0 Å². The molecule has 0 aliphatic carbocycles. The molecule has 1 saturated heterocycles. The average Bonchev–Trinajstić information content (AvgIpc) is 2.74. The largest absolute Gasteiger partial charge is 0.388 e. The summed E-state index contributed by atoms with van der Waals surface area (Å²) in [6.07, 6.45) is 0.330. The number of hydrogen-bond donors (Lipinski definition) is 1. The van der Waals surface area contributed by atoms with Gasteiger partial charge in [0.15, 0.2) is 11.6 Å². The lowest BCUT2D eigenvalue weighted by molar-refractivity contribution is 0.126. The van der Waals surface area contributed by atoms with Crippen LogP contribution in [-0.2, 0) is 4.74 Å². The number of benzene rings is 1. The first-order chi connectivity index (χ1) is 7.68. The number of halogens is 2. The molecule has 1 aliphatic rings. The maximum atomic E-state index is 13.4. The predicted octanol–water partition coefficient (Wildman–Crippen LogP) is 2.42. The zero-order valence-electron chi connectivity index (χ0n) is 8.83. The van der Waals surface area contributed by atoms with E-state index in [1.165, 1.54) is 12.1 Å². The molecule has 1 aromatic carbocycles. The highest BCUT2D eigenvalue weighted by molar-refractivity contribution is 5.21. The minimum absolute atomic E-state index is 0.0342. The van der Waals surface area contributed by atoms with E-state index >= 15 is 0 Å². The Labute approximate surface area is 92.9 Å². The van der Waals surface area contributed by atoms with Crippen molar-refractivity contribution < 1.29 is 18.6 Å². The number of hydrogen-bond acceptors (Lipinski definition) is 2. The van der Waals surface area contributed by atoms with Gasteiger partial charge in [-0.05, 0) is 24.8 Å². The van der Waals surface area contributed by atoms with E-state index in [2.05, 4.69) is 0 Å². The summed E-state index contributed by atoms with van der Waals surface area (Å²) in [5.74, 6) is -1.63. The van der Waals surface area contributed by atoms with Crippen molar-refractivity contribution in [1.82, 2.24) is 0 Å². The molecule has 2 nitrogen and oxygen atoms in total. The fraction of sp³-hybridized carbons (Fsp3) is 0.500. The summed E-state index contributed by atoms with van der Waals surface area (Å²) in [6, 6.07) is 3.87. The summed E-state index contributed by atoms with van der Waals surface area (Å²) in [5.41, 5.74) is 0.0342. The van der Waals surface area contributed by atoms with Gasteiger partial charge in [0.1, 0.15) is 0 Å². The topological polar surface area (TPSA) is 29.5 Å². The Balaban J connectivity index is 2.07. The monoisotopic (exact) mass is 228 g/mol. The first-order valence-corrected chi connectivity index (χ1v) is 5.38. The van der Waals surface area contributed by atoms with Gasteiger partial charge in [0, 0.05) is 18.8 Å². The van der Waals surface area contributed by atoms with E-state index in [1.807, 2.05) is 0 Å². The number of rotatable bonds is 3. The normalized spacial score (nSPS) is 22.3. The Morgan fingerprint density at radius 2 is 2.25 bits per heavy atom. The van der Waals surface area contributed by atoms with Gasteiger partial charge in [0.2, 0.25) is 0 Å². The van der Waals surface area contributed by atoms with Crippen LogP contribution in [0.3, 0.4) is 0 Å². The Bertz CT molecular complexity index is 362. The Kier molecular flexibility index (Phi) is 3.51. The maximum absolute atomic E-state index is 13.4. The highest BCUT2D eigenvalue weighted by Gasteiger charge is 2.23. The third-order valence-electron chi connectivity index (χ3n) is 2.92. The summed E-state index contributed by atoms with van der Waals surface area (Å²) < 4.78 is 31.5. The van der Waals surface area contributed by atoms with Crippen molar-refractivity contribution in [3.63, 3.8) is 0 Å². The van der Waals surface area contributed by atoms with E-state index in [9.17, 15) is 13.9 Å². The molecule has 2 rings (SSSR count). The first kappa shape index (κ1) is 11.5. The van der Waals surface area contributed by atoms with Gasteiger partial charge in [-0.25, -0.2) is 8.78 Å². The van der Waals surface area contributed by atoms with Crippen molar-refractivity contribution in [3.8, 4) is 0 Å². The second kappa shape index (κ2) is 4.89. The standard InChI is InChI=1S/C12H14F2O2/c13-10-3-1-2-9(12(10)14)11(15)6-8-4-5-16-7-8/h1-3,8,11,15H,4-7H2. The molecule has 0 aromatic heterocycles. The molecule has 2 atom stereocenters. The van der Waals surface area contributed by atoms with E-state index in [4.69, 9.17) is 4.74 Å². The summed E-state index contributed by atoms with van der Waals surface area (Å²) >= 11 is 0. The van der Waals surface area contributed by atoms with Crippen molar-refractivity contribution >= 4 is 0 Å². The molecule has 88 valence electrons. The number of aliphatic hydroxyl groups excluding tert-OH is 1. The third kappa shape index (κ3) is 2.39.